The van der Waals surface area contributed by atoms with Gasteiger partial charge in [0, 0.05) is 5.69 Å². The Morgan fingerprint density at radius 3 is 2.71 bits per heavy atom. The number of carbonyl (C=O) groups is 1. The number of amides is 1. The number of aryl methyl sites for hydroxylation is 1. The molecule has 0 spiro atoms. The molecule has 0 heterocycles. The highest BCUT2D eigenvalue weighted by Gasteiger charge is 2.10. The van der Waals surface area contributed by atoms with Gasteiger partial charge >= 0.3 is 0 Å². The van der Waals surface area contributed by atoms with Crippen LogP contribution < -0.4 is 14.8 Å². The highest BCUT2D eigenvalue weighted by atomic mass is 16.5. The minimum absolute atomic E-state index is 0.0742. The largest absolute Gasteiger partial charge is 0.493 e. The van der Waals surface area contributed by atoms with Crippen molar-refractivity contribution in [3.63, 3.8) is 0 Å². The molecule has 24 heavy (non-hydrogen) atoms. The first kappa shape index (κ1) is 17.6. The molecule has 0 radical (unpaired) electrons. The quantitative estimate of drug-likeness (QED) is 0.746. The first-order chi connectivity index (χ1) is 11.7. The van der Waals surface area contributed by atoms with E-state index in [-0.39, 0.29) is 12.5 Å². The zero-order valence-electron chi connectivity index (χ0n) is 14.2. The SMILES string of the molecule is C=CCc1ccc(OCC(=O)Nc2ccccc2CC)c(OC)c1. The van der Waals surface area contributed by atoms with E-state index >= 15 is 0 Å². The summed E-state index contributed by atoms with van der Waals surface area (Å²) in [5.41, 5.74) is 3.00. The van der Waals surface area contributed by atoms with Crippen molar-refractivity contribution < 1.29 is 14.3 Å². The zero-order valence-corrected chi connectivity index (χ0v) is 14.2. The van der Waals surface area contributed by atoms with Crippen LogP contribution in [-0.4, -0.2) is 19.6 Å². The van der Waals surface area contributed by atoms with E-state index in [9.17, 15) is 4.79 Å². The molecule has 0 bridgehead atoms. The number of methoxy groups -OCH3 is 1. The summed E-state index contributed by atoms with van der Waals surface area (Å²) in [7, 11) is 1.58. The number of benzene rings is 2. The van der Waals surface area contributed by atoms with Crippen LogP contribution in [0.1, 0.15) is 18.1 Å². The summed E-state index contributed by atoms with van der Waals surface area (Å²) in [5, 5.41) is 2.88. The van der Waals surface area contributed by atoms with Gasteiger partial charge in [-0.15, -0.1) is 6.58 Å². The summed E-state index contributed by atoms with van der Waals surface area (Å²) in [6, 6.07) is 13.4. The van der Waals surface area contributed by atoms with E-state index < -0.39 is 0 Å². The Bertz CT molecular complexity index is 710. The molecule has 0 saturated carbocycles. The minimum Gasteiger partial charge on any atom is -0.493 e. The van der Waals surface area contributed by atoms with E-state index in [1.807, 2.05) is 48.5 Å². The summed E-state index contributed by atoms with van der Waals surface area (Å²) in [6.07, 6.45) is 3.44. The second kappa shape index (κ2) is 8.77. The van der Waals surface area contributed by atoms with Crippen LogP contribution in [0.25, 0.3) is 0 Å². The molecule has 0 unspecified atom stereocenters. The van der Waals surface area contributed by atoms with Gasteiger partial charge in [0.2, 0.25) is 0 Å². The number of anilines is 1. The standard InChI is InChI=1S/C20H23NO3/c1-4-8-15-11-12-18(19(13-15)23-3)24-14-20(22)21-17-10-7-6-9-16(17)5-2/h4,6-7,9-13H,1,5,8,14H2,2-3H3,(H,21,22). The van der Waals surface area contributed by atoms with Crippen molar-refractivity contribution in [3.05, 3.63) is 66.2 Å². The van der Waals surface area contributed by atoms with Gasteiger partial charge in [-0.3, -0.25) is 4.79 Å². The Balaban J connectivity index is 1.99. The number of hydrogen-bond acceptors (Lipinski definition) is 3. The van der Waals surface area contributed by atoms with Gasteiger partial charge in [-0.05, 0) is 42.2 Å². The molecule has 126 valence electrons. The van der Waals surface area contributed by atoms with Gasteiger partial charge in [-0.25, -0.2) is 0 Å². The van der Waals surface area contributed by atoms with Crippen LogP contribution in [0.2, 0.25) is 0 Å². The van der Waals surface area contributed by atoms with E-state index in [2.05, 4.69) is 18.8 Å². The average molecular weight is 325 g/mol. The van der Waals surface area contributed by atoms with E-state index in [0.29, 0.717) is 11.5 Å². The monoisotopic (exact) mass is 325 g/mol. The predicted octanol–water partition coefficient (Wildman–Crippen LogP) is 4.00. The van der Waals surface area contributed by atoms with Crippen LogP contribution in [0.3, 0.4) is 0 Å². The van der Waals surface area contributed by atoms with Gasteiger partial charge in [0.15, 0.2) is 18.1 Å². The number of rotatable bonds is 8. The molecule has 1 amide bonds. The number of nitrogens with one attached hydrogen (secondary N) is 1. The molecular weight excluding hydrogens is 302 g/mol. The highest BCUT2D eigenvalue weighted by Crippen LogP contribution is 2.28. The fraction of sp³-hybridized carbons (Fsp3) is 0.250. The van der Waals surface area contributed by atoms with Crippen LogP contribution >= 0.6 is 0 Å². The molecular formula is C20H23NO3. The van der Waals surface area contributed by atoms with Crippen molar-refractivity contribution in [1.82, 2.24) is 0 Å². The molecule has 1 N–H and O–H groups in total. The summed E-state index contributed by atoms with van der Waals surface area (Å²) in [4.78, 5) is 12.1. The van der Waals surface area contributed by atoms with Crippen LogP contribution in [0.5, 0.6) is 11.5 Å². The molecule has 4 heteroatoms. The van der Waals surface area contributed by atoms with Crippen molar-refractivity contribution >= 4 is 11.6 Å². The number of carbonyl (C=O) groups excluding carboxylic acids is 1. The van der Waals surface area contributed by atoms with Crippen LogP contribution in [0.4, 0.5) is 5.69 Å². The van der Waals surface area contributed by atoms with Crippen LogP contribution in [0.15, 0.2) is 55.1 Å². The molecule has 0 atom stereocenters. The second-order valence-corrected chi connectivity index (χ2v) is 5.33. The second-order valence-electron chi connectivity index (χ2n) is 5.33. The lowest BCUT2D eigenvalue weighted by molar-refractivity contribution is -0.118. The van der Waals surface area contributed by atoms with Gasteiger partial charge in [0.1, 0.15) is 0 Å². The summed E-state index contributed by atoms with van der Waals surface area (Å²) < 4.78 is 10.9. The smallest absolute Gasteiger partial charge is 0.262 e. The minimum atomic E-state index is -0.201. The number of para-hydroxylation sites is 1. The lowest BCUT2D eigenvalue weighted by Crippen LogP contribution is -2.21. The Kier molecular flexibility index (Phi) is 6.43. The molecule has 0 aliphatic rings. The molecule has 0 aliphatic carbocycles. The first-order valence-corrected chi connectivity index (χ1v) is 7.96. The number of hydrogen-bond donors (Lipinski definition) is 1. The summed E-state index contributed by atoms with van der Waals surface area (Å²) >= 11 is 0. The molecule has 0 aliphatic heterocycles. The molecule has 0 fully saturated rings. The molecule has 0 aromatic heterocycles. The maximum atomic E-state index is 12.1. The van der Waals surface area contributed by atoms with Gasteiger partial charge in [-0.2, -0.15) is 0 Å². The third kappa shape index (κ3) is 4.62. The van der Waals surface area contributed by atoms with Gasteiger partial charge in [-0.1, -0.05) is 37.3 Å². The third-order valence-corrected chi connectivity index (χ3v) is 3.64. The van der Waals surface area contributed by atoms with Crippen molar-refractivity contribution in [2.75, 3.05) is 19.0 Å². The summed E-state index contributed by atoms with van der Waals surface area (Å²) in [5.74, 6) is 0.952. The van der Waals surface area contributed by atoms with Crippen molar-refractivity contribution in [1.29, 1.82) is 0 Å². The summed E-state index contributed by atoms with van der Waals surface area (Å²) in [6.45, 7) is 5.70. The maximum absolute atomic E-state index is 12.1. The molecule has 2 rings (SSSR count). The van der Waals surface area contributed by atoms with Crippen molar-refractivity contribution in [3.8, 4) is 11.5 Å². The Morgan fingerprint density at radius 1 is 1.21 bits per heavy atom. The third-order valence-electron chi connectivity index (χ3n) is 3.64. The maximum Gasteiger partial charge on any atom is 0.262 e. The number of allylic oxidation sites excluding steroid dienone is 1. The van der Waals surface area contributed by atoms with Crippen molar-refractivity contribution in [2.45, 2.75) is 19.8 Å². The van der Waals surface area contributed by atoms with E-state index in [4.69, 9.17) is 9.47 Å². The average Bonchev–Trinajstić information content (AvgIpc) is 2.61. The number of ether oxygens (including phenoxy) is 2. The first-order valence-electron chi connectivity index (χ1n) is 7.96. The normalized spacial score (nSPS) is 10.1. The predicted molar refractivity (Wildman–Crippen MR) is 96.8 cm³/mol. The molecule has 4 nitrogen and oxygen atoms in total. The molecule has 2 aromatic rings. The Labute approximate surface area is 143 Å². The fourth-order valence-electron chi connectivity index (χ4n) is 2.41. The lowest BCUT2D eigenvalue weighted by atomic mass is 10.1. The van der Waals surface area contributed by atoms with Gasteiger partial charge < -0.3 is 14.8 Å². The van der Waals surface area contributed by atoms with E-state index in [1.54, 1.807) is 7.11 Å². The van der Waals surface area contributed by atoms with E-state index in [1.165, 1.54) is 0 Å². The topological polar surface area (TPSA) is 47.6 Å². The van der Waals surface area contributed by atoms with Crippen LogP contribution in [0, 0.1) is 0 Å². The molecule has 0 saturated heterocycles. The van der Waals surface area contributed by atoms with Crippen LogP contribution in [-0.2, 0) is 17.6 Å². The fourth-order valence-corrected chi connectivity index (χ4v) is 2.41. The Morgan fingerprint density at radius 2 is 2.00 bits per heavy atom. The lowest BCUT2D eigenvalue weighted by Gasteiger charge is -2.13. The highest BCUT2D eigenvalue weighted by molar-refractivity contribution is 5.92. The Hall–Kier alpha value is -2.75. The molecule has 2 aromatic carbocycles. The zero-order chi connectivity index (χ0) is 17.4. The van der Waals surface area contributed by atoms with Gasteiger partial charge in [0.05, 0.1) is 7.11 Å². The van der Waals surface area contributed by atoms with Gasteiger partial charge in [0.25, 0.3) is 5.91 Å². The van der Waals surface area contributed by atoms with E-state index in [0.717, 1.165) is 29.7 Å². The van der Waals surface area contributed by atoms with Crippen molar-refractivity contribution in [2.24, 2.45) is 0 Å².